The smallest absolute Gasteiger partial charge is 0.319 e. The van der Waals surface area contributed by atoms with Crippen LogP contribution in [0.1, 0.15) is 51.0 Å². The molecule has 0 aliphatic carbocycles. The first-order chi connectivity index (χ1) is 22.7. The Balaban J connectivity index is 1.35. The number of aromatic nitrogens is 2. The minimum Gasteiger partial charge on any atom is -0.491 e. The van der Waals surface area contributed by atoms with Crippen molar-refractivity contribution in [1.82, 2.24) is 14.9 Å². The summed E-state index contributed by atoms with van der Waals surface area (Å²) >= 11 is 7.99. The lowest BCUT2D eigenvalue weighted by molar-refractivity contribution is 0.107. The molecule has 4 aliphatic rings. The molecule has 2 N–H and O–H groups in total. The molecular weight excluding hydrogens is 644 g/mol. The van der Waals surface area contributed by atoms with Gasteiger partial charge in [0.15, 0.2) is 11.6 Å². The first-order valence-corrected chi connectivity index (χ1v) is 17.2. The van der Waals surface area contributed by atoms with Gasteiger partial charge >= 0.3 is 6.01 Å². The van der Waals surface area contributed by atoms with Crippen molar-refractivity contribution in [2.24, 2.45) is 11.8 Å². The van der Waals surface area contributed by atoms with Gasteiger partial charge in [-0.1, -0.05) is 24.6 Å². The molecule has 2 unspecified atom stereocenters. The second-order valence-electron chi connectivity index (χ2n) is 13.3. The van der Waals surface area contributed by atoms with E-state index in [1.165, 1.54) is 12.1 Å². The van der Waals surface area contributed by atoms with Gasteiger partial charge in [0.2, 0.25) is 0 Å². The molecular formula is C34H32ClF2N7O2S. The molecule has 2 aromatic heterocycles. The number of piperidine rings is 1. The third-order valence-corrected chi connectivity index (χ3v) is 11.9. The Bertz CT molecular complexity index is 2040. The van der Waals surface area contributed by atoms with Gasteiger partial charge in [0.25, 0.3) is 0 Å². The number of halogens is 3. The van der Waals surface area contributed by atoms with Gasteiger partial charge < -0.3 is 20.1 Å². The van der Waals surface area contributed by atoms with Crippen LogP contribution in [0.15, 0.2) is 12.1 Å². The van der Waals surface area contributed by atoms with Crippen LogP contribution >= 0.6 is 22.9 Å². The number of ether oxygens (including phenoxy) is 2. The van der Waals surface area contributed by atoms with Crippen LogP contribution in [0.25, 0.3) is 32.1 Å². The number of nitrogen functional groups attached to an aromatic ring is 1. The van der Waals surface area contributed by atoms with Crippen LogP contribution < -0.4 is 20.1 Å². The maximum atomic E-state index is 17.2. The number of benzene rings is 2. The van der Waals surface area contributed by atoms with Crippen LogP contribution in [0.4, 0.5) is 19.6 Å². The Morgan fingerprint density at radius 2 is 2.06 bits per heavy atom. The Morgan fingerprint density at radius 3 is 2.87 bits per heavy atom. The van der Waals surface area contributed by atoms with Crippen molar-refractivity contribution in [2.45, 2.75) is 57.0 Å². The number of fused-ring (bicyclic) bond motifs is 4. The quantitative estimate of drug-likeness (QED) is 0.242. The number of nitrogens with zero attached hydrogens (tertiary/aromatic N) is 6. The van der Waals surface area contributed by atoms with E-state index >= 15 is 4.39 Å². The van der Waals surface area contributed by atoms with Crippen molar-refractivity contribution >= 4 is 54.7 Å². The average Bonchev–Trinajstić information content (AvgIpc) is 3.70. The second kappa shape index (κ2) is 11.3. The predicted molar refractivity (Wildman–Crippen MR) is 177 cm³/mol. The first-order valence-electron chi connectivity index (χ1n) is 16.0. The molecule has 6 heterocycles. The summed E-state index contributed by atoms with van der Waals surface area (Å²) in [6.45, 7) is 5.48. The molecule has 3 saturated heterocycles. The van der Waals surface area contributed by atoms with E-state index in [0.29, 0.717) is 49.5 Å². The molecule has 47 heavy (non-hydrogen) atoms. The Hall–Kier alpha value is -3.97. The van der Waals surface area contributed by atoms with E-state index in [1.54, 1.807) is 0 Å². The summed E-state index contributed by atoms with van der Waals surface area (Å²) in [5, 5.41) is 20.3. The molecule has 8 rings (SSSR count). The lowest BCUT2D eigenvalue weighted by Crippen LogP contribution is -2.45. The zero-order valence-corrected chi connectivity index (χ0v) is 27.4. The maximum Gasteiger partial charge on any atom is 0.319 e. The van der Waals surface area contributed by atoms with E-state index < -0.39 is 11.6 Å². The van der Waals surface area contributed by atoms with E-state index in [-0.39, 0.29) is 78.2 Å². The molecule has 9 nitrogen and oxygen atoms in total. The number of rotatable bonds is 4. The molecule has 13 heteroatoms. The van der Waals surface area contributed by atoms with E-state index in [2.05, 4.69) is 33.8 Å². The number of nitriles is 2. The van der Waals surface area contributed by atoms with Crippen molar-refractivity contribution in [3.05, 3.63) is 34.4 Å². The lowest BCUT2D eigenvalue weighted by Gasteiger charge is -2.40. The number of nitrogens with two attached hydrogens (primary N) is 1. The summed E-state index contributed by atoms with van der Waals surface area (Å²) in [6, 6.07) is 7.09. The lowest BCUT2D eigenvalue weighted by atomic mass is 9.89. The molecule has 0 spiro atoms. The number of hydrogen-bond acceptors (Lipinski definition) is 10. The topological polar surface area (TPSA) is 124 Å². The monoisotopic (exact) mass is 675 g/mol. The van der Waals surface area contributed by atoms with Crippen molar-refractivity contribution < 1.29 is 18.3 Å². The molecule has 0 saturated carbocycles. The van der Waals surface area contributed by atoms with Crippen molar-refractivity contribution in [1.29, 1.82) is 10.5 Å². The van der Waals surface area contributed by atoms with Gasteiger partial charge in [-0.2, -0.15) is 20.5 Å². The van der Waals surface area contributed by atoms with Crippen LogP contribution in [-0.2, 0) is 0 Å². The highest BCUT2D eigenvalue weighted by atomic mass is 35.5. The molecule has 0 bridgehead atoms. The van der Waals surface area contributed by atoms with Crippen LogP contribution in [0.2, 0.25) is 5.02 Å². The predicted octanol–water partition coefficient (Wildman–Crippen LogP) is 7.04. The van der Waals surface area contributed by atoms with E-state index in [0.717, 1.165) is 43.7 Å². The van der Waals surface area contributed by atoms with Crippen LogP contribution in [-0.4, -0.2) is 59.3 Å². The number of hydrogen-bond donors (Lipinski definition) is 1. The highest BCUT2D eigenvalue weighted by molar-refractivity contribution is 7.23. The van der Waals surface area contributed by atoms with Crippen molar-refractivity contribution in [2.75, 3.05) is 43.5 Å². The molecule has 4 atom stereocenters. The van der Waals surface area contributed by atoms with Gasteiger partial charge in [0.1, 0.15) is 34.8 Å². The average molecular weight is 676 g/mol. The van der Waals surface area contributed by atoms with Gasteiger partial charge in [0, 0.05) is 42.4 Å². The highest BCUT2D eigenvalue weighted by Gasteiger charge is 2.48. The summed E-state index contributed by atoms with van der Waals surface area (Å²) in [7, 11) is 0. The fourth-order valence-corrected chi connectivity index (χ4v) is 9.71. The van der Waals surface area contributed by atoms with Crippen molar-refractivity contribution in [3.63, 3.8) is 0 Å². The van der Waals surface area contributed by atoms with Gasteiger partial charge in [-0.25, -0.2) is 8.78 Å². The van der Waals surface area contributed by atoms with Gasteiger partial charge in [0.05, 0.1) is 38.9 Å². The molecule has 4 aliphatic heterocycles. The molecule has 3 fully saturated rings. The molecule has 0 radical (unpaired) electrons. The summed E-state index contributed by atoms with van der Waals surface area (Å²) in [6.07, 6.45) is 4.98. The van der Waals surface area contributed by atoms with Gasteiger partial charge in [-0.3, -0.25) is 4.90 Å². The SMILES string of the molecule is C[C@H]1CN2CCC[C@@]2(COc2nc3c4c(c(Cl)c(-c5ccc(F)c6sc(N)c(C#N)c56)c(F)c4n2)OCCC2CC(C#N)CCN32)C1. The maximum absolute atomic E-state index is 17.2. The van der Waals surface area contributed by atoms with Crippen LogP contribution in [0, 0.1) is 46.1 Å². The standard InChI is InChI=1S/C34H32ClF2N7O2S/c1-17-12-34(7-2-8-43(34)15-17)16-46-33-41-28-25-29(45-10-6-19-11-18(13-38)5-9-44(19)32(25)42-33)26(35)24(27(28)37)20-3-4-22(36)30-23(20)21(14-39)31(40)47-30/h3-4,17-19H,2,5-12,15-16,40H2,1H3/t17-,18?,19?,34+/m1/s1. The zero-order valence-electron chi connectivity index (χ0n) is 25.8. The minimum absolute atomic E-state index is 0.0270. The Labute approximate surface area is 279 Å². The minimum atomic E-state index is -0.758. The van der Waals surface area contributed by atoms with E-state index in [9.17, 15) is 14.9 Å². The largest absolute Gasteiger partial charge is 0.491 e. The molecule has 242 valence electrons. The number of thiophene rings is 1. The van der Waals surface area contributed by atoms with E-state index in [1.807, 2.05) is 0 Å². The third kappa shape index (κ3) is 4.67. The molecule has 2 aromatic carbocycles. The summed E-state index contributed by atoms with van der Waals surface area (Å²) in [5.74, 6) is -0.215. The second-order valence-corrected chi connectivity index (χ2v) is 14.8. The van der Waals surface area contributed by atoms with E-state index in [4.69, 9.17) is 31.8 Å². The van der Waals surface area contributed by atoms with Crippen LogP contribution in [0.3, 0.4) is 0 Å². The summed E-state index contributed by atoms with van der Waals surface area (Å²) in [5.41, 5.74) is 6.17. The first kappa shape index (κ1) is 30.4. The fourth-order valence-electron chi connectivity index (χ4n) is 8.43. The summed E-state index contributed by atoms with van der Waals surface area (Å²) in [4.78, 5) is 14.2. The highest BCUT2D eigenvalue weighted by Crippen LogP contribution is 2.51. The van der Waals surface area contributed by atoms with Crippen molar-refractivity contribution in [3.8, 4) is 35.0 Å². The normalized spacial score (nSPS) is 25.5. The molecule has 0 amide bonds. The number of anilines is 2. The molecule has 4 aromatic rings. The Kier molecular flexibility index (Phi) is 7.32. The van der Waals surface area contributed by atoms with Gasteiger partial charge in [-0.15, -0.1) is 11.3 Å². The Morgan fingerprint density at radius 1 is 1.21 bits per heavy atom. The zero-order chi connectivity index (χ0) is 32.6. The fraction of sp³-hybridized carbons (Fsp3) is 0.471. The third-order valence-electron chi connectivity index (χ3n) is 10.5. The summed E-state index contributed by atoms with van der Waals surface area (Å²) < 4.78 is 45.1. The van der Waals surface area contributed by atoms with Crippen LogP contribution in [0.5, 0.6) is 11.8 Å². The van der Waals surface area contributed by atoms with Gasteiger partial charge in [-0.05, 0) is 56.2 Å².